The van der Waals surface area contributed by atoms with Crippen LogP contribution >= 0.6 is 11.9 Å². The van der Waals surface area contributed by atoms with Crippen LogP contribution in [0, 0.1) is 12.3 Å². The van der Waals surface area contributed by atoms with Crippen molar-refractivity contribution in [3.8, 4) is 12.3 Å². The van der Waals surface area contributed by atoms with E-state index in [2.05, 4.69) is 5.92 Å². The Bertz CT molecular complexity index is 511. The predicted molar refractivity (Wildman–Crippen MR) is 61.9 cm³/mol. The summed E-state index contributed by atoms with van der Waals surface area (Å²) in [6, 6.07) is 11.9. The number of nitrogens with two attached hydrogens (primary N) is 1. The highest BCUT2D eigenvalue weighted by atomic mass is 32.2. The molecule has 0 bridgehead atoms. The van der Waals surface area contributed by atoms with Crippen LogP contribution in [0.1, 0.15) is 5.56 Å². The van der Waals surface area contributed by atoms with Crippen molar-refractivity contribution in [1.82, 2.24) is 0 Å². The Kier molecular flexibility index (Phi) is 2.45. The van der Waals surface area contributed by atoms with Gasteiger partial charge in [0.25, 0.3) is 0 Å². The fourth-order valence-corrected chi connectivity index (χ4v) is 1.95. The average molecular weight is 199 g/mol. The predicted octanol–water partition coefficient (Wildman–Crippen LogP) is 2.79. The van der Waals surface area contributed by atoms with Crippen molar-refractivity contribution in [2.75, 3.05) is 0 Å². The second-order valence-corrected chi connectivity index (χ2v) is 3.59. The van der Waals surface area contributed by atoms with Crippen molar-refractivity contribution in [3.63, 3.8) is 0 Å². The minimum Gasteiger partial charge on any atom is -0.274 e. The van der Waals surface area contributed by atoms with Gasteiger partial charge in [-0.15, -0.1) is 6.42 Å². The molecule has 2 rings (SSSR count). The molecule has 14 heavy (non-hydrogen) atoms. The van der Waals surface area contributed by atoms with Crippen molar-refractivity contribution in [1.29, 1.82) is 0 Å². The summed E-state index contributed by atoms with van der Waals surface area (Å²) in [5, 5.41) is 7.78. The van der Waals surface area contributed by atoms with Gasteiger partial charge in [0.2, 0.25) is 0 Å². The molecule has 0 fully saturated rings. The zero-order chi connectivity index (χ0) is 9.97. The fourth-order valence-electron chi connectivity index (χ4n) is 1.50. The summed E-state index contributed by atoms with van der Waals surface area (Å²) < 4.78 is 0. The van der Waals surface area contributed by atoms with Gasteiger partial charge in [0, 0.05) is 10.5 Å². The molecule has 0 atom stereocenters. The Morgan fingerprint density at radius 2 is 1.79 bits per heavy atom. The van der Waals surface area contributed by atoms with Crippen LogP contribution in [-0.2, 0) is 0 Å². The van der Waals surface area contributed by atoms with E-state index in [-0.39, 0.29) is 0 Å². The smallest absolute Gasteiger partial charge is 0.0321 e. The summed E-state index contributed by atoms with van der Waals surface area (Å²) in [7, 11) is 0. The quantitative estimate of drug-likeness (QED) is 0.564. The zero-order valence-corrected chi connectivity index (χ0v) is 8.34. The zero-order valence-electron chi connectivity index (χ0n) is 7.53. The molecule has 2 aromatic rings. The van der Waals surface area contributed by atoms with Gasteiger partial charge in [-0.05, 0) is 34.9 Å². The summed E-state index contributed by atoms with van der Waals surface area (Å²) in [6.07, 6.45) is 5.42. The number of benzene rings is 2. The molecule has 2 heteroatoms. The van der Waals surface area contributed by atoms with E-state index >= 15 is 0 Å². The van der Waals surface area contributed by atoms with Gasteiger partial charge in [-0.25, -0.2) is 0 Å². The molecule has 68 valence electrons. The Morgan fingerprint density at radius 1 is 1.07 bits per heavy atom. The normalized spacial score (nSPS) is 10.0. The fraction of sp³-hybridized carbons (Fsp3) is 0. The lowest BCUT2D eigenvalue weighted by molar-refractivity contribution is 1.52. The number of fused-ring (bicyclic) bond motifs is 1. The highest BCUT2D eigenvalue weighted by Gasteiger charge is 2.02. The second kappa shape index (κ2) is 3.75. The van der Waals surface area contributed by atoms with Gasteiger partial charge >= 0.3 is 0 Å². The van der Waals surface area contributed by atoms with Crippen LogP contribution in [0.15, 0.2) is 41.3 Å². The maximum Gasteiger partial charge on any atom is 0.0321 e. The van der Waals surface area contributed by atoms with Crippen LogP contribution in [0.2, 0.25) is 0 Å². The molecule has 0 aliphatic rings. The van der Waals surface area contributed by atoms with Gasteiger partial charge < -0.3 is 0 Å². The molecule has 0 amide bonds. The molecular weight excluding hydrogens is 190 g/mol. The van der Waals surface area contributed by atoms with Crippen molar-refractivity contribution in [2.45, 2.75) is 4.90 Å². The van der Waals surface area contributed by atoms with Crippen molar-refractivity contribution in [3.05, 3.63) is 42.0 Å². The van der Waals surface area contributed by atoms with Gasteiger partial charge in [-0.3, -0.25) is 5.14 Å². The van der Waals surface area contributed by atoms with Crippen molar-refractivity contribution < 1.29 is 0 Å². The van der Waals surface area contributed by atoms with Gasteiger partial charge in [-0.2, -0.15) is 0 Å². The van der Waals surface area contributed by atoms with Crippen LogP contribution in [0.25, 0.3) is 10.8 Å². The van der Waals surface area contributed by atoms with Gasteiger partial charge in [0.1, 0.15) is 0 Å². The van der Waals surface area contributed by atoms with E-state index < -0.39 is 0 Å². The molecule has 0 unspecified atom stereocenters. The monoisotopic (exact) mass is 199 g/mol. The first kappa shape index (κ1) is 9.14. The minimum absolute atomic E-state index is 0.915. The van der Waals surface area contributed by atoms with E-state index in [4.69, 9.17) is 11.6 Å². The first-order valence-electron chi connectivity index (χ1n) is 4.22. The molecule has 2 N–H and O–H groups in total. The minimum atomic E-state index is 0.915. The highest BCUT2D eigenvalue weighted by Crippen LogP contribution is 2.26. The SMILES string of the molecule is C#Cc1ccc(SN)c2ccccc12. The molecule has 0 heterocycles. The van der Waals surface area contributed by atoms with Gasteiger partial charge in [0.15, 0.2) is 0 Å². The lowest BCUT2D eigenvalue weighted by Crippen LogP contribution is -1.85. The van der Waals surface area contributed by atoms with Crippen LogP contribution in [0.5, 0.6) is 0 Å². The number of hydrogen-bond donors (Lipinski definition) is 1. The van der Waals surface area contributed by atoms with E-state index in [1.165, 1.54) is 11.9 Å². The first-order valence-corrected chi connectivity index (χ1v) is 5.10. The Balaban J connectivity index is 2.87. The molecular formula is C12H9NS. The molecule has 0 saturated heterocycles. The third-order valence-electron chi connectivity index (χ3n) is 2.17. The standard InChI is InChI=1S/C12H9NS/c1-2-9-7-8-12(14-13)11-6-4-3-5-10(9)11/h1,3-8H,13H2. The summed E-state index contributed by atoms with van der Waals surface area (Å²) >= 11 is 1.25. The van der Waals surface area contributed by atoms with Crippen LogP contribution in [0.4, 0.5) is 0 Å². The van der Waals surface area contributed by atoms with Gasteiger partial charge in [-0.1, -0.05) is 30.2 Å². The summed E-state index contributed by atoms with van der Waals surface area (Å²) in [4.78, 5) is 1.06. The summed E-state index contributed by atoms with van der Waals surface area (Å²) in [5.74, 6) is 2.67. The molecule has 0 aromatic heterocycles. The average Bonchev–Trinajstić information content (AvgIpc) is 2.27. The molecule has 0 saturated carbocycles. The van der Waals surface area contributed by atoms with Crippen LogP contribution in [-0.4, -0.2) is 0 Å². The summed E-state index contributed by atoms with van der Waals surface area (Å²) in [5.41, 5.74) is 0.915. The maximum absolute atomic E-state index is 5.57. The third-order valence-corrected chi connectivity index (χ3v) is 2.78. The Morgan fingerprint density at radius 3 is 2.43 bits per heavy atom. The second-order valence-electron chi connectivity index (χ2n) is 2.92. The Hall–Kier alpha value is -1.43. The third kappa shape index (κ3) is 1.37. The first-order chi connectivity index (χ1) is 6.86. The Labute approximate surface area is 87.4 Å². The van der Waals surface area contributed by atoms with E-state index in [1.807, 2.05) is 36.4 Å². The van der Waals surface area contributed by atoms with Crippen LogP contribution in [0.3, 0.4) is 0 Å². The van der Waals surface area contributed by atoms with E-state index in [0.29, 0.717) is 0 Å². The number of hydrogen-bond acceptors (Lipinski definition) is 2. The van der Waals surface area contributed by atoms with Gasteiger partial charge in [0.05, 0.1) is 0 Å². The molecule has 1 nitrogen and oxygen atoms in total. The number of rotatable bonds is 1. The molecule has 2 aromatic carbocycles. The molecule has 0 radical (unpaired) electrons. The molecule has 0 aliphatic carbocycles. The molecule has 0 aliphatic heterocycles. The largest absolute Gasteiger partial charge is 0.274 e. The maximum atomic E-state index is 5.57. The van der Waals surface area contributed by atoms with Crippen molar-refractivity contribution in [2.24, 2.45) is 5.14 Å². The van der Waals surface area contributed by atoms with E-state index in [1.54, 1.807) is 0 Å². The van der Waals surface area contributed by atoms with Crippen LogP contribution < -0.4 is 5.14 Å². The van der Waals surface area contributed by atoms with Crippen molar-refractivity contribution >= 4 is 22.7 Å². The molecule has 0 spiro atoms. The summed E-state index contributed by atoms with van der Waals surface area (Å²) in [6.45, 7) is 0. The lowest BCUT2D eigenvalue weighted by atomic mass is 10.1. The lowest BCUT2D eigenvalue weighted by Gasteiger charge is -2.04. The topological polar surface area (TPSA) is 26.0 Å². The highest BCUT2D eigenvalue weighted by molar-refractivity contribution is 7.97. The van der Waals surface area contributed by atoms with E-state index in [0.717, 1.165) is 21.2 Å². The van der Waals surface area contributed by atoms with E-state index in [9.17, 15) is 0 Å². The number of terminal acetylenes is 1.